The van der Waals surface area contributed by atoms with Gasteiger partial charge in [-0.2, -0.15) is 11.8 Å². The molecule has 1 aromatic rings. The third-order valence-corrected chi connectivity index (χ3v) is 4.05. The van der Waals surface area contributed by atoms with E-state index in [4.69, 9.17) is 9.84 Å². The first-order valence-corrected chi connectivity index (χ1v) is 6.33. The molecule has 1 heterocycles. The average Bonchev–Trinajstić information content (AvgIpc) is 2.23. The second-order valence-corrected chi connectivity index (χ2v) is 5.01. The molecule has 2 rings (SSSR count). The highest BCUT2D eigenvalue weighted by Gasteiger charge is 2.41. The topological polar surface area (TPSA) is 46.5 Å². The van der Waals surface area contributed by atoms with Crippen molar-refractivity contribution in [1.29, 1.82) is 0 Å². The van der Waals surface area contributed by atoms with Crippen molar-refractivity contribution in [3.05, 3.63) is 35.9 Å². The summed E-state index contributed by atoms with van der Waals surface area (Å²) in [6.45, 7) is 0.495. The molecule has 86 valence electrons. The van der Waals surface area contributed by atoms with Gasteiger partial charge < -0.3 is 9.84 Å². The zero-order chi connectivity index (χ0) is 11.4. The van der Waals surface area contributed by atoms with Gasteiger partial charge in [0.1, 0.15) is 0 Å². The van der Waals surface area contributed by atoms with Crippen LogP contribution < -0.4 is 0 Å². The molecular weight excluding hydrogens is 224 g/mol. The van der Waals surface area contributed by atoms with Crippen molar-refractivity contribution in [2.45, 2.75) is 18.6 Å². The summed E-state index contributed by atoms with van der Waals surface area (Å²) in [4.78, 5) is 10.7. The fourth-order valence-electron chi connectivity index (χ4n) is 1.65. The molecule has 0 radical (unpaired) electrons. The van der Waals surface area contributed by atoms with Gasteiger partial charge in [-0.1, -0.05) is 30.3 Å². The van der Waals surface area contributed by atoms with Crippen LogP contribution in [-0.4, -0.2) is 28.2 Å². The van der Waals surface area contributed by atoms with E-state index in [0.29, 0.717) is 6.61 Å². The molecular formula is C12H14O3S. The van der Waals surface area contributed by atoms with E-state index >= 15 is 0 Å². The van der Waals surface area contributed by atoms with Gasteiger partial charge in [-0.25, -0.2) is 0 Å². The van der Waals surface area contributed by atoms with Crippen LogP contribution in [0.5, 0.6) is 0 Å². The summed E-state index contributed by atoms with van der Waals surface area (Å²) in [6.07, 6.45) is 0.104. The minimum absolute atomic E-state index is 0.104. The van der Waals surface area contributed by atoms with Gasteiger partial charge in [-0.3, -0.25) is 4.79 Å². The molecule has 1 aliphatic heterocycles. The van der Waals surface area contributed by atoms with E-state index in [9.17, 15) is 4.79 Å². The van der Waals surface area contributed by atoms with Gasteiger partial charge in [-0.05, 0) is 5.56 Å². The molecule has 0 aliphatic carbocycles. The minimum atomic E-state index is -0.784. The first-order chi connectivity index (χ1) is 7.70. The first-order valence-electron chi connectivity index (χ1n) is 5.18. The van der Waals surface area contributed by atoms with E-state index < -0.39 is 11.6 Å². The van der Waals surface area contributed by atoms with Gasteiger partial charge in [0.2, 0.25) is 0 Å². The van der Waals surface area contributed by atoms with Crippen LogP contribution in [0.2, 0.25) is 0 Å². The zero-order valence-electron chi connectivity index (χ0n) is 8.89. The SMILES string of the molecule is O=C(O)CC1(OCc2ccccc2)CSC1. The van der Waals surface area contributed by atoms with Gasteiger partial charge >= 0.3 is 5.97 Å². The zero-order valence-corrected chi connectivity index (χ0v) is 9.70. The van der Waals surface area contributed by atoms with Gasteiger partial charge in [0.05, 0.1) is 18.6 Å². The van der Waals surface area contributed by atoms with Crippen molar-refractivity contribution in [3.8, 4) is 0 Å². The fourth-order valence-corrected chi connectivity index (χ4v) is 2.68. The van der Waals surface area contributed by atoms with Crippen molar-refractivity contribution in [1.82, 2.24) is 0 Å². The smallest absolute Gasteiger partial charge is 0.306 e. The number of rotatable bonds is 5. The highest BCUT2D eigenvalue weighted by Crippen LogP contribution is 2.36. The molecule has 1 aromatic carbocycles. The summed E-state index contributed by atoms with van der Waals surface area (Å²) in [7, 11) is 0. The van der Waals surface area contributed by atoms with E-state index in [1.807, 2.05) is 30.3 Å². The number of hydrogen-bond acceptors (Lipinski definition) is 3. The number of carbonyl (C=O) groups is 1. The Labute approximate surface area is 98.8 Å². The normalized spacial score (nSPS) is 17.8. The Balaban J connectivity index is 1.90. The molecule has 0 saturated carbocycles. The maximum absolute atomic E-state index is 10.7. The Morgan fingerprint density at radius 3 is 2.56 bits per heavy atom. The summed E-state index contributed by atoms with van der Waals surface area (Å²) >= 11 is 1.73. The lowest BCUT2D eigenvalue weighted by atomic mass is 10.0. The van der Waals surface area contributed by atoms with Crippen molar-refractivity contribution >= 4 is 17.7 Å². The minimum Gasteiger partial charge on any atom is -0.481 e. The molecule has 1 N–H and O–H groups in total. The maximum Gasteiger partial charge on any atom is 0.306 e. The summed E-state index contributed by atoms with van der Waals surface area (Å²) in [5.41, 5.74) is 0.649. The van der Waals surface area contributed by atoms with E-state index in [1.165, 1.54) is 0 Å². The van der Waals surface area contributed by atoms with Crippen LogP contribution >= 0.6 is 11.8 Å². The second kappa shape index (κ2) is 4.89. The molecule has 1 aliphatic rings. The lowest BCUT2D eigenvalue weighted by Crippen LogP contribution is -2.47. The number of thioether (sulfide) groups is 1. The highest BCUT2D eigenvalue weighted by atomic mass is 32.2. The van der Waals surface area contributed by atoms with E-state index in [-0.39, 0.29) is 6.42 Å². The molecule has 0 aromatic heterocycles. The van der Waals surface area contributed by atoms with Crippen LogP contribution in [0, 0.1) is 0 Å². The van der Waals surface area contributed by atoms with Gasteiger partial charge in [0.25, 0.3) is 0 Å². The first kappa shape index (κ1) is 11.5. The number of hydrogen-bond donors (Lipinski definition) is 1. The van der Waals surface area contributed by atoms with Crippen LogP contribution in [0.15, 0.2) is 30.3 Å². The lowest BCUT2D eigenvalue weighted by Gasteiger charge is -2.39. The van der Waals surface area contributed by atoms with Crippen molar-refractivity contribution in [3.63, 3.8) is 0 Å². The largest absolute Gasteiger partial charge is 0.481 e. The molecule has 1 fully saturated rings. The third-order valence-electron chi connectivity index (χ3n) is 2.59. The Bertz CT molecular complexity index is 360. The Morgan fingerprint density at radius 1 is 1.38 bits per heavy atom. The predicted molar refractivity (Wildman–Crippen MR) is 63.5 cm³/mol. The Hall–Kier alpha value is -1.00. The second-order valence-electron chi connectivity index (χ2n) is 4.02. The number of ether oxygens (including phenoxy) is 1. The van der Waals surface area contributed by atoms with E-state index in [1.54, 1.807) is 11.8 Å². The number of carboxylic acids is 1. The third kappa shape index (κ3) is 2.77. The van der Waals surface area contributed by atoms with Crippen molar-refractivity contribution in [2.75, 3.05) is 11.5 Å². The molecule has 4 heteroatoms. The van der Waals surface area contributed by atoms with Crippen molar-refractivity contribution in [2.24, 2.45) is 0 Å². The highest BCUT2D eigenvalue weighted by molar-refractivity contribution is 8.00. The standard InChI is InChI=1S/C12H14O3S/c13-11(14)6-12(8-16-9-12)15-7-10-4-2-1-3-5-10/h1-5H,6-9H2,(H,13,14). The average molecular weight is 238 g/mol. The van der Waals surface area contributed by atoms with Crippen LogP contribution in [-0.2, 0) is 16.1 Å². The molecule has 1 saturated heterocycles. The molecule has 3 nitrogen and oxygen atoms in total. The predicted octanol–water partition coefficient (Wildman–Crippen LogP) is 2.16. The van der Waals surface area contributed by atoms with Crippen LogP contribution in [0.1, 0.15) is 12.0 Å². The Kier molecular flexibility index (Phi) is 3.51. The number of benzene rings is 1. The monoisotopic (exact) mass is 238 g/mol. The molecule has 0 spiro atoms. The molecule has 0 unspecified atom stereocenters. The molecule has 0 bridgehead atoms. The van der Waals surface area contributed by atoms with Crippen molar-refractivity contribution < 1.29 is 14.6 Å². The number of carboxylic acid groups (broad SMARTS) is 1. The van der Waals surface area contributed by atoms with Crippen LogP contribution in [0.25, 0.3) is 0 Å². The quantitative estimate of drug-likeness (QED) is 0.854. The maximum atomic E-state index is 10.7. The molecule has 0 atom stereocenters. The summed E-state index contributed by atoms with van der Waals surface area (Å²) in [5.74, 6) is 0.784. The summed E-state index contributed by atoms with van der Waals surface area (Å²) in [5, 5.41) is 8.82. The molecule has 16 heavy (non-hydrogen) atoms. The van der Waals surface area contributed by atoms with E-state index in [2.05, 4.69) is 0 Å². The summed E-state index contributed by atoms with van der Waals surface area (Å²) < 4.78 is 5.76. The van der Waals surface area contributed by atoms with Crippen LogP contribution in [0.3, 0.4) is 0 Å². The number of aliphatic carboxylic acids is 1. The van der Waals surface area contributed by atoms with Crippen LogP contribution in [0.4, 0.5) is 0 Å². The fraction of sp³-hybridized carbons (Fsp3) is 0.417. The lowest BCUT2D eigenvalue weighted by molar-refractivity contribution is -0.144. The van der Waals surface area contributed by atoms with E-state index in [0.717, 1.165) is 17.1 Å². The van der Waals surface area contributed by atoms with Gasteiger partial charge in [-0.15, -0.1) is 0 Å². The van der Waals surface area contributed by atoms with Gasteiger partial charge in [0.15, 0.2) is 0 Å². The Morgan fingerprint density at radius 2 is 2.06 bits per heavy atom. The van der Waals surface area contributed by atoms with Gasteiger partial charge in [0, 0.05) is 11.5 Å². The summed E-state index contributed by atoms with van der Waals surface area (Å²) in [6, 6.07) is 9.84. The molecule has 0 amide bonds.